The van der Waals surface area contributed by atoms with E-state index in [1.165, 1.54) is 12.1 Å². The first-order chi connectivity index (χ1) is 12.9. The Bertz CT molecular complexity index is 1060. The zero-order valence-corrected chi connectivity index (χ0v) is 14.4. The van der Waals surface area contributed by atoms with Crippen LogP contribution in [0.1, 0.15) is 34.8 Å². The van der Waals surface area contributed by atoms with Crippen molar-refractivity contribution in [2.45, 2.75) is 19.8 Å². The maximum atomic E-state index is 14.7. The third kappa shape index (κ3) is 3.63. The fraction of sp³-hybridized carbons (Fsp3) is 0.143. The normalized spacial score (nSPS) is 10.6. The first-order valence-electron chi connectivity index (χ1n) is 8.27. The predicted molar refractivity (Wildman–Crippen MR) is 93.9 cm³/mol. The zero-order valence-electron chi connectivity index (χ0n) is 14.4. The molecule has 0 aliphatic rings. The Kier molecular flexibility index (Phi) is 5.13. The number of nitriles is 1. The van der Waals surface area contributed by atoms with E-state index in [-0.39, 0.29) is 10.9 Å². The van der Waals surface area contributed by atoms with Crippen LogP contribution in [-0.4, -0.2) is 5.97 Å². The van der Waals surface area contributed by atoms with Gasteiger partial charge < -0.3 is 4.74 Å². The lowest BCUT2D eigenvalue weighted by Crippen LogP contribution is -2.11. The molecule has 3 rings (SSSR count). The Morgan fingerprint density at radius 2 is 1.78 bits per heavy atom. The van der Waals surface area contributed by atoms with Crippen LogP contribution < -0.4 is 4.74 Å². The molecule has 0 unspecified atom stereocenters. The number of nitrogens with zero attached hydrogens (tertiary/aromatic N) is 1. The maximum Gasteiger partial charge on any atom is 0.346 e. The van der Waals surface area contributed by atoms with Gasteiger partial charge in [0.05, 0.1) is 5.56 Å². The van der Waals surface area contributed by atoms with Crippen LogP contribution in [0.2, 0.25) is 0 Å². The van der Waals surface area contributed by atoms with Crippen molar-refractivity contribution in [1.82, 2.24) is 0 Å². The summed E-state index contributed by atoms with van der Waals surface area (Å²) in [6.45, 7) is 2.04. The van der Waals surface area contributed by atoms with E-state index in [1.54, 1.807) is 18.2 Å². The van der Waals surface area contributed by atoms with Crippen molar-refractivity contribution in [3.05, 3.63) is 76.6 Å². The van der Waals surface area contributed by atoms with E-state index < -0.39 is 34.7 Å². The molecule has 3 aromatic rings. The molecule has 0 heterocycles. The minimum atomic E-state index is -1.16. The Balaban J connectivity index is 1.93. The quantitative estimate of drug-likeness (QED) is 0.463. The second-order valence-electron chi connectivity index (χ2n) is 6.00. The van der Waals surface area contributed by atoms with Crippen LogP contribution in [0.25, 0.3) is 10.8 Å². The van der Waals surface area contributed by atoms with E-state index in [0.717, 1.165) is 18.4 Å². The van der Waals surface area contributed by atoms with E-state index in [1.807, 2.05) is 13.0 Å². The van der Waals surface area contributed by atoms with Gasteiger partial charge in [-0.25, -0.2) is 18.0 Å². The van der Waals surface area contributed by atoms with Crippen molar-refractivity contribution < 1.29 is 22.7 Å². The molecular formula is C21H14F3NO2. The van der Waals surface area contributed by atoms with Gasteiger partial charge in [-0.3, -0.25) is 0 Å². The highest BCUT2D eigenvalue weighted by Gasteiger charge is 2.19. The Labute approximate surface area is 153 Å². The molecule has 3 aromatic carbocycles. The van der Waals surface area contributed by atoms with Crippen molar-refractivity contribution in [3.8, 4) is 11.8 Å². The molecule has 0 bridgehead atoms. The zero-order chi connectivity index (χ0) is 19.6. The first kappa shape index (κ1) is 18.5. The van der Waals surface area contributed by atoms with Gasteiger partial charge in [0.25, 0.3) is 0 Å². The number of aryl methyl sites for hydroxylation is 1. The van der Waals surface area contributed by atoms with Crippen LogP contribution >= 0.6 is 0 Å². The summed E-state index contributed by atoms with van der Waals surface area (Å²) in [5.74, 6) is -4.64. The number of hydrogen-bond acceptors (Lipinski definition) is 3. The van der Waals surface area contributed by atoms with Crippen molar-refractivity contribution >= 4 is 16.7 Å². The summed E-state index contributed by atoms with van der Waals surface area (Å²) < 4.78 is 46.9. The lowest BCUT2D eigenvalue weighted by atomic mass is 10.0. The number of fused-ring (bicyclic) bond motifs is 1. The molecule has 3 nitrogen and oxygen atoms in total. The van der Waals surface area contributed by atoms with Gasteiger partial charge in [-0.05, 0) is 23.4 Å². The number of hydrogen-bond donors (Lipinski definition) is 0. The molecule has 27 heavy (non-hydrogen) atoms. The van der Waals surface area contributed by atoms with Gasteiger partial charge in [-0.1, -0.05) is 37.6 Å². The molecule has 0 aliphatic heterocycles. The topological polar surface area (TPSA) is 50.1 Å². The lowest BCUT2D eigenvalue weighted by Gasteiger charge is -2.09. The van der Waals surface area contributed by atoms with Crippen LogP contribution in [0.5, 0.6) is 5.75 Å². The van der Waals surface area contributed by atoms with E-state index >= 15 is 0 Å². The molecule has 0 N–H and O–H groups in total. The van der Waals surface area contributed by atoms with Crippen molar-refractivity contribution in [3.63, 3.8) is 0 Å². The van der Waals surface area contributed by atoms with Crippen LogP contribution in [0.3, 0.4) is 0 Å². The van der Waals surface area contributed by atoms with E-state index in [9.17, 15) is 18.0 Å². The summed E-state index contributed by atoms with van der Waals surface area (Å²) in [6, 6.07) is 10.9. The minimum absolute atomic E-state index is 0.251. The summed E-state index contributed by atoms with van der Waals surface area (Å²) in [7, 11) is 0. The van der Waals surface area contributed by atoms with Gasteiger partial charge in [0, 0.05) is 17.5 Å². The van der Waals surface area contributed by atoms with Gasteiger partial charge >= 0.3 is 5.97 Å². The van der Waals surface area contributed by atoms with Crippen molar-refractivity contribution in [2.75, 3.05) is 0 Å². The van der Waals surface area contributed by atoms with E-state index in [2.05, 4.69) is 0 Å². The average Bonchev–Trinajstić information content (AvgIpc) is 2.62. The maximum absolute atomic E-state index is 14.7. The summed E-state index contributed by atoms with van der Waals surface area (Å²) in [5.41, 5.74) is -0.0752. The molecule has 0 atom stereocenters. The van der Waals surface area contributed by atoms with E-state index in [0.29, 0.717) is 17.5 Å². The number of benzene rings is 3. The molecule has 0 saturated heterocycles. The second kappa shape index (κ2) is 7.50. The highest BCUT2D eigenvalue weighted by molar-refractivity contribution is 5.97. The first-order valence-corrected chi connectivity index (χ1v) is 8.27. The van der Waals surface area contributed by atoms with Gasteiger partial charge in [0.1, 0.15) is 34.8 Å². The van der Waals surface area contributed by atoms with Gasteiger partial charge in [0.2, 0.25) is 0 Å². The van der Waals surface area contributed by atoms with E-state index in [4.69, 9.17) is 10.00 Å². The SMILES string of the molecule is CCCc1ccc2c(F)c(C(=O)Oc3cc(F)c(C#N)c(F)c3)ccc2c1. The lowest BCUT2D eigenvalue weighted by molar-refractivity contribution is 0.0729. The molecule has 6 heteroatoms. The number of carbonyl (C=O) groups is 1. The second-order valence-corrected chi connectivity index (χ2v) is 6.00. The fourth-order valence-electron chi connectivity index (χ4n) is 2.82. The molecule has 0 amide bonds. The summed E-state index contributed by atoms with van der Waals surface area (Å²) in [6.07, 6.45) is 1.81. The van der Waals surface area contributed by atoms with Gasteiger partial charge in [-0.2, -0.15) is 5.26 Å². The Hall–Kier alpha value is -3.33. The third-order valence-electron chi connectivity index (χ3n) is 4.12. The summed E-state index contributed by atoms with van der Waals surface area (Å²) in [4.78, 5) is 12.3. The summed E-state index contributed by atoms with van der Waals surface area (Å²) >= 11 is 0. The van der Waals surface area contributed by atoms with Gasteiger partial charge in [0.15, 0.2) is 0 Å². The molecule has 0 radical (unpaired) electrons. The van der Waals surface area contributed by atoms with Crippen LogP contribution in [0.15, 0.2) is 42.5 Å². The standard InChI is InChI=1S/C21H14F3NO2/c1-2-3-12-4-6-15-13(8-12)5-7-16(20(15)24)21(26)27-14-9-18(22)17(11-25)19(23)10-14/h4-10H,2-3H2,1H3. The number of ether oxygens (including phenoxy) is 1. The minimum Gasteiger partial charge on any atom is -0.423 e. The van der Waals surface area contributed by atoms with Gasteiger partial charge in [-0.15, -0.1) is 0 Å². The predicted octanol–water partition coefficient (Wildman–Crippen LogP) is 5.30. The molecule has 0 aliphatic carbocycles. The number of carbonyl (C=O) groups excluding carboxylic acids is 1. The Morgan fingerprint density at radius 1 is 1.07 bits per heavy atom. The van der Waals surface area contributed by atoms with Crippen molar-refractivity contribution in [2.24, 2.45) is 0 Å². The summed E-state index contributed by atoms with van der Waals surface area (Å²) in [5, 5.41) is 9.55. The smallest absolute Gasteiger partial charge is 0.346 e. The van der Waals surface area contributed by atoms with Crippen LogP contribution in [0, 0.1) is 28.8 Å². The van der Waals surface area contributed by atoms with Crippen LogP contribution in [-0.2, 0) is 6.42 Å². The molecule has 136 valence electrons. The number of esters is 1. The Morgan fingerprint density at radius 3 is 2.41 bits per heavy atom. The molecular weight excluding hydrogens is 355 g/mol. The monoisotopic (exact) mass is 369 g/mol. The highest BCUT2D eigenvalue weighted by Crippen LogP contribution is 2.25. The molecule has 0 fully saturated rings. The number of rotatable bonds is 4. The number of halogens is 3. The average molecular weight is 369 g/mol. The largest absolute Gasteiger partial charge is 0.423 e. The molecule has 0 spiro atoms. The fourth-order valence-corrected chi connectivity index (χ4v) is 2.82. The molecule has 0 aromatic heterocycles. The highest BCUT2D eigenvalue weighted by atomic mass is 19.1. The van der Waals surface area contributed by atoms with Crippen molar-refractivity contribution in [1.29, 1.82) is 5.26 Å². The molecule has 0 saturated carbocycles. The third-order valence-corrected chi connectivity index (χ3v) is 4.12. The van der Waals surface area contributed by atoms with Crippen LogP contribution in [0.4, 0.5) is 13.2 Å².